The Balaban J connectivity index is 0.00000112. The van der Waals surface area contributed by atoms with Gasteiger partial charge in [-0.2, -0.15) is 0 Å². The van der Waals surface area contributed by atoms with Crippen LogP contribution in [-0.4, -0.2) is 8.41 Å². The standard InChI is InChI=1S/C14H12.B/c1-3-11-7-5-9-13-10-6-8-12(4-2)14(11)13;/h3-10H,1-2H2;. The summed E-state index contributed by atoms with van der Waals surface area (Å²) >= 11 is 0. The average molecular weight is 191 g/mol. The van der Waals surface area contributed by atoms with Crippen molar-refractivity contribution >= 4 is 31.3 Å². The smallest absolute Gasteiger partial charge is 0 e. The van der Waals surface area contributed by atoms with E-state index in [1.54, 1.807) is 0 Å². The van der Waals surface area contributed by atoms with Gasteiger partial charge in [-0.25, -0.2) is 0 Å². The third kappa shape index (κ3) is 1.87. The summed E-state index contributed by atoms with van der Waals surface area (Å²) in [6, 6.07) is 12.5. The van der Waals surface area contributed by atoms with Gasteiger partial charge in [0.05, 0.1) is 0 Å². The van der Waals surface area contributed by atoms with Gasteiger partial charge in [-0.15, -0.1) is 0 Å². The van der Waals surface area contributed by atoms with Crippen molar-refractivity contribution in [3.63, 3.8) is 0 Å². The molecule has 2 aromatic rings. The lowest BCUT2D eigenvalue weighted by Gasteiger charge is -2.05. The molecule has 0 nitrogen and oxygen atoms in total. The number of hydrogen-bond acceptors (Lipinski definition) is 0. The first-order valence-corrected chi connectivity index (χ1v) is 4.63. The molecule has 0 N–H and O–H groups in total. The van der Waals surface area contributed by atoms with Crippen LogP contribution in [0.4, 0.5) is 0 Å². The van der Waals surface area contributed by atoms with Gasteiger partial charge in [0.25, 0.3) is 0 Å². The normalized spacial score (nSPS) is 9.33. The van der Waals surface area contributed by atoms with E-state index in [9.17, 15) is 0 Å². The Morgan fingerprint density at radius 1 is 0.800 bits per heavy atom. The lowest BCUT2D eigenvalue weighted by Crippen LogP contribution is -1.81. The average Bonchev–Trinajstić information content (AvgIpc) is 2.27. The summed E-state index contributed by atoms with van der Waals surface area (Å²) in [6.45, 7) is 7.64. The molecule has 0 aliphatic heterocycles. The zero-order chi connectivity index (χ0) is 9.97. The second-order valence-corrected chi connectivity index (χ2v) is 3.20. The van der Waals surface area contributed by atoms with E-state index in [-0.39, 0.29) is 8.41 Å². The van der Waals surface area contributed by atoms with Crippen LogP contribution in [0.5, 0.6) is 0 Å². The summed E-state index contributed by atoms with van der Waals surface area (Å²) in [5.74, 6) is 0. The largest absolute Gasteiger partial charge is 0.0984 e. The molecule has 0 aliphatic rings. The van der Waals surface area contributed by atoms with Crippen LogP contribution in [0.3, 0.4) is 0 Å². The minimum absolute atomic E-state index is 0. The third-order valence-electron chi connectivity index (χ3n) is 2.41. The Labute approximate surface area is 92.5 Å². The van der Waals surface area contributed by atoms with Crippen molar-refractivity contribution in [2.24, 2.45) is 0 Å². The molecule has 0 aliphatic carbocycles. The van der Waals surface area contributed by atoms with E-state index in [0.717, 1.165) is 11.1 Å². The minimum atomic E-state index is 0. The van der Waals surface area contributed by atoms with Gasteiger partial charge in [-0.05, 0) is 21.9 Å². The fraction of sp³-hybridized carbons (Fsp3) is 0. The van der Waals surface area contributed by atoms with Gasteiger partial charge in [-0.3, -0.25) is 0 Å². The summed E-state index contributed by atoms with van der Waals surface area (Å²) in [6.07, 6.45) is 3.77. The van der Waals surface area contributed by atoms with Crippen molar-refractivity contribution in [2.75, 3.05) is 0 Å². The van der Waals surface area contributed by atoms with Gasteiger partial charge < -0.3 is 0 Å². The molecule has 0 heterocycles. The van der Waals surface area contributed by atoms with E-state index in [4.69, 9.17) is 0 Å². The van der Waals surface area contributed by atoms with Crippen molar-refractivity contribution in [3.05, 3.63) is 60.7 Å². The van der Waals surface area contributed by atoms with Crippen LogP contribution in [-0.2, 0) is 0 Å². The van der Waals surface area contributed by atoms with Crippen molar-refractivity contribution < 1.29 is 0 Å². The van der Waals surface area contributed by atoms with Crippen LogP contribution >= 0.6 is 0 Å². The Hall–Kier alpha value is -1.76. The first-order valence-electron chi connectivity index (χ1n) is 4.63. The summed E-state index contributed by atoms with van der Waals surface area (Å²) < 4.78 is 0. The second-order valence-electron chi connectivity index (χ2n) is 3.20. The van der Waals surface area contributed by atoms with E-state index in [0.29, 0.717) is 0 Å². The molecule has 71 valence electrons. The molecule has 2 rings (SSSR count). The lowest BCUT2D eigenvalue weighted by atomic mass is 9.99. The fourth-order valence-electron chi connectivity index (χ4n) is 1.74. The molecule has 3 radical (unpaired) electrons. The van der Waals surface area contributed by atoms with Crippen LogP contribution in [0.15, 0.2) is 49.6 Å². The molecule has 15 heavy (non-hydrogen) atoms. The monoisotopic (exact) mass is 191 g/mol. The van der Waals surface area contributed by atoms with E-state index >= 15 is 0 Å². The number of rotatable bonds is 2. The quantitative estimate of drug-likeness (QED) is 0.634. The number of fused-ring (bicyclic) bond motifs is 1. The Kier molecular flexibility index (Phi) is 3.51. The summed E-state index contributed by atoms with van der Waals surface area (Å²) in [5, 5.41) is 2.47. The maximum Gasteiger partial charge on any atom is 0 e. The first kappa shape index (κ1) is 11.3. The molecule has 1 heteroatoms. The molecule has 0 saturated heterocycles. The molecule has 0 amide bonds. The van der Waals surface area contributed by atoms with E-state index in [1.165, 1.54) is 10.8 Å². The zero-order valence-electron chi connectivity index (χ0n) is 8.61. The van der Waals surface area contributed by atoms with Crippen LogP contribution in [0, 0.1) is 0 Å². The lowest BCUT2D eigenvalue weighted by molar-refractivity contribution is 1.69. The van der Waals surface area contributed by atoms with Gasteiger partial charge in [0, 0.05) is 8.41 Å². The van der Waals surface area contributed by atoms with E-state index in [2.05, 4.69) is 37.4 Å². The van der Waals surface area contributed by atoms with Gasteiger partial charge in [0.1, 0.15) is 0 Å². The SMILES string of the molecule is C=Cc1cccc2cccc(C=C)c12.[B]. The molecule has 0 unspecified atom stereocenters. The summed E-state index contributed by atoms with van der Waals surface area (Å²) in [5.41, 5.74) is 2.33. The topological polar surface area (TPSA) is 0 Å². The van der Waals surface area contributed by atoms with Gasteiger partial charge in [0.2, 0.25) is 0 Å². The summed E-state index contributed by atoms with van der Waals surface area (Å²) in [4.78, 5) is 0. The molecule has 0 aromatic heterocycles. The van der Waals surface area contributed by atoms with Gasteiger partial charge in [-0.1, -0.05) is 61.7 Å². The molecular weight excluding hydrogens is 179 g/mol. The minimum Gasteiger partial charge on any atom is -0.0984 e. The molecule has 0 fully saturated rings. The van der Waals surface area contributed by atoms with Crippen LogP contribution in [0.2, 0.25) is 0 Å². The highest BCUT2D eigenvalue weighted by atomic mass is 14.0. The predicted molar refractivity (Wildman–Crippen MR) is 69.9 cm³/mol. The molecule has 2 aromatic carbocycles. The third-order valence-corrected chi connectivity index (χ3v) is 2.41. The van der Waals surface area contributed by atoms with Crippen molar-refractivity contribution in [1.82, 2.24) is 0 Å². The second kappa shape index (κ2) is 4.65. The molecule has 0 bridgehead atoms. The van der Waals surface area contributed by atoms with Crippen molar-refractivity contribution in [1.29, 1.82) is 0 Å². The van der Waals surface area contributed by atoms with Crippen molar-refractivity contribution in [3.8, 4) is 0 Å². The molecule has 0 saturated carbocycles. The van der Waals surface area contributed by atoms with Gasteiger partial charge in [0.15, 0.2) is 0 Å². The maximum atomic E-state index is 3.82. The zero-order valence-corrected chi connectivity index (χ0v) is 8.61. The van der Waals surface area contributed by atoms with Crippen LogP contribution in [0.1, 0.15) is 11.1 Å². The molecule has 0 spiro atoms. The highest BCUT2D eigenvalue weighted by Crippen LogP contribution is 2.24. The van der Waals surface area contributed by atoms with Gasteiger partial charge >= 0.3 is 0 Å². The Bertz CT molecular complexity index is 455. The van der Waals surface area contributed by atoms with E-state index in [1.807, 2.05) is 24.3 Å². The predicted octanol–water partition coefficient (Wildman–Crippen LogP) is 3.75. The highest BCUT2D eigenvalue weighted by Gasteiger charge is 2.00. The Morgan fingerprint density at radius 3 is 1.67 bits per heavy atom. The van der Waals surface area contributed by atoms with Crippen LogP contribution < -0.4 is 0 Å². The molecule has 0 atom stereocenters. The molecular formula is C14H12B. The van der Waals surface area contributed by atoms with Crippen LogP contribution in [0.25, 0.3) is 22.9 Å². The summed E-state index contributed by atoms with van der Waals surface area (Å²) in [7, 11) is 0. The fourth-order valence-corrected chi connectivity index (χ4v) is 1.74. The number of hydrogen-bond donors (Lipinski definition) is 0. The highest BCUT2D eigenvalue weighted by molar-refractivity contribution is 5.96. The maximum absolute atomic E-state index is 3.82. The van der Waals surface area contributed by atoms with E-state index < -0.39 is 0 Å². The Morgan fingerprint density at radius 2 is 1.27 bits per heavy atom. The van der Waals surface area contributed by atoms with Crippen molar-refractivity contribution in [2.45, 2.75) is 0 Å². The first-order chi connectivity index (χ1) is 6.86. The number of benzene rings is 2.